The molecule has 0 saturated carbocycles. The summed E-state index contributed by atoms with van der Waals surface area (Å²) in [5.74, 6) is 1.71. The van der Waals surface area contributed by atoms with Crippen LogP contribution in [0.2, 0.25) is 0 Å². The predicted molar refractivity (Wildman–Crippen MR) is 274 cm³/mol. The Morgan fingerprint density at radius 1 is 0.507 bits per heavy atom. The van der Waals surface area contributed by atoms with E-state index in [1.54, 1.807) is 0 Å². The minimum Gasteiger partial charge on any atom is -0.656 e. The number of nitrogens with zero attached hydrogens (tertiary/aromatic N) is 5. The third-order valence-electron chi connectivity index (χ3n) is 13.6. The largest absolute Gasteiger partial charge is 2.00 e. The molecule has 12 rings (SSSR count). The van der Waals surface area contributed by atoms with Gasteiger partial charge in [-0.1, -0.05) is 185 Å². The second-order valence-electron chi connectivity index (χ2n) is 19.0. The van der Waals surface area contributed by atoms with Gasteiger partial charge in [0.2, 0.25) is 0 Å². The van der Waals surface area contributed by atoms with Crippen molar-refractivity contribution >= 4 is 54.6 Å². The zero-order valence-electron chi connectivity index (χ0n) is 38.0. The number of fused-ring (bicyclic) bond motifs is 7. The number of hydrogen-bond acceptors (Lipinski definition) is 2. The van der Waals surface area contributed by atoms with E-state index in [9.17, 15) is 0 Å². The summed E-state index contributed by atoms with van der Waals surface area (Å²) in [5, 5.41) is 4.53. The first kappa shape index (κ1) is 42.3. The Morgan fingerprint density at radius 2 is 1.22 bits per heavy atom. The number of aromatic nitrogens is 5. The summed E-state index contributed by atoms with van der Waals surface area (Å²) < 4.78 is 4.62. The van der Waals surface area contributed by atoms with Gasteiger partial charge in [-0.25, -0.2) is 9.97 Å². The average Bonchev–Trinajstić information content (AvgIpc) is 4.04. The summed E-state index contributed by atoms with van der Waals surface area (Å²) in [7, 11) is 0. The second kappa shape index (κ2) is 16.2. The fourth-order valence-electron chi connectivity index (χ4n) is 9.95. The maximum Gasteiger partial charge on any atom is 2.00 e. The van der Waals surface area contributed by atoms with E-state index in [0.717, 1.165) is 88.7 Å². The molecule has 4 heterocycles. The molecule has 4 aromatic heterocycles. The Kier molecular flexibility index (Phi) is 10.2. The number of para-hydroxylation sites is 3. The third kappa shape index (κ3) is 7.03. The van der Waals surface area contributed by atoms with Crippen LogP contribution in [-0.4, -0.2) is 19.1 Å². The van der Waals surface area contributed by atoms with E-state index in [4.69, 9.17) is 15.0 Å². The molecule has 0 fully saturated rings. The fraction of sp³-hybridized carbons (Fsp3) is 0.115. The molecule has 326 valence electrons. The minimum absolute atomic E-state index is 0. The van der Waals surface area contributed by atoms with E-state index in [-0.39, 0.29) is 31.9 Å². The monoisotopic (exact) mass is 1040 g/mol. The Morgan fingerprint density at radius 3 is 2.04 bits per heavy atom. The van der Waals surface area contributed by atoms with Gasteiger partial charge in [-0.15, -0.1) is 34.8 Å². The van der Waals surface area contributed by atoms with Crippen LogP contribution in [0.3, 0.4) is 0 Å². The fourth-order valence-corrected chi connectivity index (χ4v) is 9.95. The van der Waals surface area contributed by atoms with Crippen molar-refractivity contribution in [3.8, 4) is 45.1 Å². The van der Waals surface area contributed by atoms with Crippen LogP contribution in [0.15, 0.2) is 194 Å². The molecule has 6 heteroatoms. The molecule has 0 radical (unpaired) electrons. The third-order valence-corrected chi connectivity index (χ3v) is 13.6. The van der Waals surface area contributed by atoms with Crippen molar-refractivity contribution in [3.63, 3.8) is 0 Å². The molecule has 8 aromatic carbocycles. The minimum atomic E-state index is -0.240. The quantitative estimate of drug-likeness (QED) is 0.149. The Balaban J connectivity index is 0.00000494. The van der Waals surface area contributed by atoms with Gasteiger partial charge in [0.05, 0.1) is 11.0 Å². The SMILES string of the molecule is CC(C)(C)c1ccnc(-n2c3[c-]c(-c4cccc5c4nc(-c4cccc6c4[n-]c4ccccc46)n5-c4cccc(C(C)(C)c5ccccc5)c4)ccc3c3cc(-c4ccccc4)ccc32)c1.[Pt+2]. The zero-order chi connectivity index (χ0) is 44.7. The van der Waals surface area contributed by atoms with Gasteiger partial charge in [0.15, 0.2) is 0 Å². The number of benzene rings is 8. The average molecular weight is 1050 g/mol. The maximum absolute atomic E-state index is 5.68. The van der Waals surface area contributed by atoms with Gasteiger partial charge in [0.1, 0.15) is 11.6 Å². The van der Waals surface area contributed by atoms with Gasteiger partial charge in [0.25, 0.3) is 0 Å². The number of pyridine rings is 1. The normalized spacial score (nSPS) is 12.1. The van der Waals surface area contributed by atoms with Crippen molar-refractivity contribution in [2.45, 2.75) is 45.4 Å². The molecule has 0 unspecified atom stereocenters. The molecular weight excluding hydrogens is 998 g/mol. The van der Waals surface area contributed by atoms with Crippen LogP contribution < -0.4 is 4.98 Å². The van der Waals surface area contributed by atoms with Crippen molar-refractivity contribution in [1.29, 1.82) is 0 Å². The first-order valence-electron chi connectivity index (χ1n) is 22.8. The van der Waals surface area contributed by atoms with Crippen molar-refractivity contribution < 1.29 is 21.1 Å². The van der Waals surface area contributed by atoms with Crippen molar-refractivity contribution in [2.24, 2.45) is 0 Å². The first-order chi connectivity index (χ1) is 32.1. The summed E-state index contributed by atoms with van der Waals surface area (Å²) in [6.07, 6.45) is 1.94. The zero-order valence-corrected chi connectivity index (χ0v) is 40.3. The molecule has 5 nitrogen and oxygen atoms in total. The number of imidazole rings is 1. The van der Waals surface area contributed by atoms with Gasteiger partial charge in [0, 0.05) is 28.4 Å². The topological polar surface area (TPSA) is 49.7 Å². The molecule has 12 aromatic rings. The summed E-state index contributed by atoms with van der Waals surface area (Å²) in [5.41, 5.74) is 15.6. The van der Waals surface area contributed by atoms with E-state index >= 15 is 0 Å². The van der Waals surface area contributed by atoms with Crippen LogP contribution in [0.1, 0.15) is 51.3 Å². The van der Waals surface area contributed by atoms with Crippen molar-refractivity contribution in [1.82, 2.24) is 24.1 Å². The summed E-state index contributed by atoms with van der Waals surface area (Å²) in [6.45, 7) is 11.4. The summed E-state index contributed by atoms with van der Waals surface area (Å²) in [4.78, 5) is 15.9. The van der Waals surface area contributed by atoms with Gasteiger partial charge in [-0.2, -0.15) is 0 Å². The predicted octanol–water partition coefficient (Wildman–Crippen LogP) is 15.2. The maximum atomic E-state index is 5.68. The van der Waals surface area contributed by atoms with Gasteiger partial charge in [-0.3, -0.25) is 4.57 Å². The van der Waals surface area contributed by atoms with Crippen LogP contribution >= 0.6 is 0 Å². The van der Waals surface area contributed by atoms with E-state index in [1.807, 2.05) is 6.20 Å². The smallest absolute Gasteiger partial charge is 0.656 e. The molecule has 0 aliphatic heterocycles. The van der Waals surface area contributed by atoms with Crippen molar-refractivity contribution in [3.05, 3.63) is 217 Å². The van der Waals surface area contributed by atoms with E-state index in [0.29, 0.717) is 0 Å². The molecular formula is C61H47N5Pt. The van der Waals surface area contributed by atoms with Crippen LogP contribution in [0.4, 0.5) is 0 Å². The standard InChI is InChI=1S/C61H47N5.Pt/c1-60(2,3)43-33-34-62-56(38-43)66-53-32-30-40(39-17-8-6-9-18-39)35-51(53)48-31-29-41(36-55(48)66)46-24-16-28-54-58(46)64-59(50-26-15-25-49-47-23-12-13-27-52(47)63-57(49)50)65(54)45-22-14-21-44(37-45)61(4,5)42-19-10-7-11-20-42;/h6-35,37-38H,1-5H3;/q-2;+2. The first-order valence-corrected chi connectivity index (χ1v) is 22.8. The number of rotatable bonds is 7. The molecule has 0 atom stereocenters. The van der Waals surface area contributed by atoms with Gasteiger partial charge < -0.3 is 9.55 Å². The summed E-state index contributed by atoms with van der Waals surface area (Å²) in [6, 6.07) is 71.3. The van der Waals surface area contributed by atoms with E-state index in [2.05, 4.69) is 238 Å². The van der Waals surface area contributed by atoms with Crippen LogP contribution in [0.5, 0.6) is 0 Å². The molecule has 0 aliphatic carbocycles. The Hall–Kier alpha value is -7.33. The molecule has 0 saturated heterocycles. The molecule has 0 N–H and O–H groups in total. The molecule has 0 amide bonds. The number of hydrogen-bond donors (Lipinski definition) is 0. The van der Waals surface area contributed by atoms with Crippen molar-refractivity contribution in [2.75, 3.05) is 0 Å². The van der Waals surface area contributed by atoms with Gasteiger partial charge >= 0.3 is 21.1 Å². The van der Waals surface area contributed by atoms with Crippen LogP contribution in [-0.2, 0) is 31.9 Å². The summed E-state index contributed by atoms with van der Waals surface area (Å²) >= 11 is 0. The Bertz CT molecular complexity index is 3830. The molecule has 0 bridgehead atoms. The molecule has 67 heavy (non-hydrogen) atoms. The van der Waals surface area contributed by atoms with Crippen LogP contribution in [0, 0.1) is 6.07 Å². The van der Waals surface area contributed by atoms with Gasteiger partial charge in [-0.05, 0) is 91.3 Å². The second-order valence-corrected chi connectivity index (χ2v) is 19.0. The molecule has 0 spiro atoms. The van der Waals surface area contributed by atoms with E-state index < -0.39 is 0 Å². The Labute approximate surface area is 405 Å². The van der Waals surface area contributed by atoms with E-state index in [1.165, 1.54) is 27.8 Å². The molecule has 0 aliphatic rings. The van der Waals surface area contributed by atoms with Crippen LogP contribution in [0.25, 0.3) is 99.8 Å².